The molecular formula is C22H34N4O5S2. The molecule has 3 saturated heterocycles. The molecule has 2 unspecified atom stereocenters. The Morgan fingerprint density at radius 3 is 2.15 bits per heavy atom. The van der Waals surface area contributed by atoms with E-state index in [9.17, 15) is 21.6 Å². The second-order valence-electron chi connectivity index (χ2n) is 9.37. The minimum Gasteiger partial charge on any atom is -0.372 e. The van der Waals surface area contributed by atoms with E-state index in [4.69, 9.17) is 0 Å². The van der Waals surface area contributed by atoms with Gasteiger partial charge in [0.2, 0.25) is 15.9 Å². The van der Waals surface area contributed by atoms with Gasteiger partial charge in [-0.15, -0.1) is 0 Å². The number of rotatable bonds is 7. The molecule has 2 N–H and O–H groups in total. The van der Waals surface area contributed by atoms with E-state index in [0.29, 0.717) is 5.69 Å². The molecule has 2 atom stereocenters. The first kappa shape index (κ1) is 24.3. The number of likely N-dealkylation sites (tertiary alicyclic amines) is 1. The van der Waals surface area contributed by atoms with E-state index in [1.807, 2.05) is 12.1 Å². The lowest BCUT2D eigenvalue weighted by Crippen LogP contribution is -2.53. The Morgan fingerprint density at radius 1 is 0.909 bits per heavy atom. The molecule has 0 aromatic heterocycles. The first-order chi connectivity index (χ1) is 15.7. The summed E-state index contributed by atoms with van der Waals surface area (Å²) in [4.78, 5) is 17.0. The lowest BCUT2D eigenvalue weighted by atomic mass is 10.1. The van der Waals surface area contributed by atoms with Crippen molar-refractivity contribution in [1.29, 1.82) is 0 Å². The van der Waals surface area contributed by atoms with Crippen LogP contribution in [-0.2, 0) is 24.7 Å². The molecule has 184 valence electrons. The summed E-state index contributed by atoms with van der Waals surface area (Å²) < 4.78 is 52.1. The van der Waals surface area contributed by atoms with Crippen molar-refractivity contribution in [3.63, 3.8) is 0 Å². The number of hydrogen-bond acceptors (Lipinski definition) is 7. The molecule has 1 amide bonds. The highest BCUT2D eigenvalue weighted by atomic mass is 32.2. The molecular weight excluding hydrogens is 464 g/mol. The predicted octanol–water partition coefficient (Wildman–Crippen LogP) is 1.19. The number of piperidine rings is 2. The highest BCUT2D eigenvalue weighted by Crippen LogP contribution is 2.24. The van der Waals surface area contributed by atoms with Crippen LogP contribution in [0.5, 0.6) is 0 Å². The van der Waals surface area contributed by atoms with Crippen molar-refractivity contribution < 1.29 is 21.6 Å². The fourth-order valence-electron chi connectivity index (χ4n) is 5.11. The van der Waals surface area contributed by atoms with Gasteiger partial charge in [0.25, 0.3) is 0 Å². The minimum absolute atomic E-state index is 0.00626. The molecule has 11 heteroatoms. The van der Waals surface area contributed by atoms with Crippen molar-refractivity contribution in [2.45, 2.75) is 50.6 Å². The molecule has 4 rings (SSSR count). The third kappa shape index (κ3) is 6.60. The van der Waals surface area contributed by atoms with Gasteiger partial charge in [-0.2, -0.15) is 0 Å². The van der Waals surface area contributed by atoms with Gasteiger partial charge >= 0.3 is 0 Å². The summed E-state index contributed by atoms with van der Waals surface area (Å²) in [6, 6.07) is 6.30. The maximum absolute atomic E-state index is 12.6. The second kappa shape index (κ2) is 10.2. The number of hydrogen-bond donors (Lipinski definition) is 2. The van der Waals surface area contributed by atoms with Gasteiger partial charge in [-0.3, -0.25) is 14.4 Å². The molecule has 9 nitrogen and oxygen atoms in total. The average Bonchev–Trinajstić information content (AvgIpc) is 3.08. The van der Waals surface area contributed by atoms with E-state index in [-0.39, 0.29) is 17.5 Å². The van der Waals surface area contributed by atoms with Crippen LogP contribution < -0.4 is 14.9 Å². The summed E-state index contributed by atoms with van der Waals surface area (Å²) >= 11 is 0. The topological polar surface area (TPSA) is 116 Å². The van der Waals surface area contributed by atoms with Crippen LogP contribution in [0.1, 0.15) is 38.5 Å². The lowest BCUT2D eigenvalue weighted by Gasteiger charge is -2.35. The number of sulfonamides is 1. The summed E-state index contributed by atoms with van der Waals surface area (Å²) in [5, 5.41) is 2.69. The van der Waals surface area contributed by atoms with Crippen LogP contribution in [0.15, 0.2) is 24.3 Å². The molecule has 1 aromatic carbocycles. The maximum Gasteiger partial charge on any atom is 0.241 e. The van der Waals surface area contributed by atoms with Gasteiger partial charge < -0.3 is 10.2 Å². The molecule has 0 saturated carbocycles. The molecule has 33 heavy (non-hydrogen) atoms. The molecule has 3 aliphatic rings. The van der Waals surface area contributed by atoms with E-state index in [0.717, 1.165) is 64.0 Å². The summed E-state index contributed by atoms with van der Waals surface area (Å²) in [6.45, 7) is 3.61. The van der Waals surface area contributed by atoms with Crippen molar-refractivity contribution in [3.8, 4) is 0 Å². The Balaban J connectivity index is 1.34. The molecule has 0 radical (unpaired) electrons. The molecule has 3 heterocycles. The van der Waals surface area contributed by atoms with Crippen LogP contribution in [-0.4, -0.2) is 83.2 Å². The third-order valence-corrected chi connectivity index (χ3v) is 9.62. The van der Waals surface area contributed by atoms with Gasteiger partial charge in [-0.1, -0.05) is 6.42 Å². The molecule has 0 aliphatic carbocycles. The molecule has 0 bridgehead atoms. The fourth-order valence-corrected chi connectivity index (χ4v) is 8.05. The summed E-state index contributed by atoms with van der Waals surface area (Å²) in [5.41, 5.74) is 1.46. The van der Waals surface area contributed by atoms with Gasteiger partial charge in [0.1, 0.15) is 5.75 Å². The van der Waals surface area contributed by atoms with E-state index in [1.54, 1.807) is 12.1 Å². The van der Waals surface area contributed by atoms with Gasteiger partial charge in [0.05, 0.1) is 17.5 Å². The third-order valence-electron chi connectivity index (χ3n) is 6.71. The number of carbonyl (C=O) groups is 1. The van der Waals surface area contributed by atoms with Crippen molar-refractivity contribution in [2.24, 2.45) is 0 Å². The molecule has 1 aromatic rings. The molecule has 0 spiro atoms. The standard InChI is InChI=1S/C22H34N4O5S2/c27-22(23-20-15-32(28,29)16-21(20)26-13-5-2-6-14-26)17-33(30,31)24-18-7-9-19(10-8-18)25-11-3-1-4-12-25/h7-10,20-21,24H,1-6,11-17H2,(H,23,27). The van der Waals surface area contributed by atoms with Gasteiger partial charge in [-0.05, 0) is 69.5 Å². The van der Waals surface area contributed by atoms with Crippen LogP contribution in [0.2, 0.25) is 0 Å². The van der Waals surface area contributed by atoms with Gasteiger partial charge in [-0.25, -0.2) is 16.8 Å². The van der Waals surface area contributed by atoms with E-state index >= 15 is 0 Å². The van der Waals surface area contributed by atoms with Crippen molar-refractivity contribution in [3.05, 3.63) is 24.3 Å². The first-order valence-electron chi connectivity index (χ1n) is 11.8. The van der Waals surface area contributed by atoms with E-state index < -0.39 is 37.6 Å². The summed E-state index contributed by atoms with van der Waals surface area (Å²) in [5.74, 6) is -1.57. The monoisotopic (exact) mass is 498 g/mol. The molecule has 3 aliphatic heterocycles. The zero-order chi connectivity index (χ0) is 23.5. The van der Waals surface area contributed by atoms with Crippen LogP contribution in [0, 0.1) is 0 Å². The quantitative estimate of drug-likeness (QED) is 0.580. The van der Waals surface area contributed by atoms with Gasteiger partial charge in [0.15, 0.2) is 9.84 Å². The number of benzene rings is 1. The zero-order valence-electron chi connectivity index (χ0n) is 18.9. The number of nitrogens with zero attached hydrogens (tertiary/aromatic N) is 2. The largest absolute Gasteiger partial charge is 0.372 e. The van der Waals surface area contributed by atoms with Crippen LogP contribution >= 0.6 is 0 Å². The summed E-state index contributed by atoms with van der Waals surface area (Å²) in [7, 11) is -7.19. The van der Waals surface area contributed by atoms with Crippen molar-refractivity contribution >= 4 is 37.1 Å². The first-order valence-corrected chi connectivity index (χ1v) is 15.3. The predicted molar refractivity (Wildman–Crippen MR) is 130 cm³/mol. The van der Waals surface area contributed by atoms with E-state index in [2.05, 4.69) is 19.8 Å². The maximum atomic E-state index is 12.6. The number of amides is 1. The van der Waals surface area contributed by atoms with Crippen LogP contribution in [0.4, 0.5) is 11.4 Å². The highest BCUT2D eigenvalue weighted by Gasteiger charge is 2.42. The van der Waals surface area contributed by atoms with Crippen LogP contribution in [0.3, 0.4) is 0 Å². The fraction of sp³-hybridized carbons (Fsp3) is 0.682. The van der Waals surface area contributed by atoms with Crippen molar-refractivity contribution in [2.75, 3.05) is 53.1 Å². The SMILES string of the molecule is O=C(CS(=O)(=O)Nc1ccc(N2CCCCC2)cc1)NC1CS(=O)(=O)CC1N1CCCCC1. The minimum atomic E-state index is -3.92. The normalized spacial score (nSPS) is 26.1. The summed E-state index contributed by atoms with van der Waals surface area (Å²) in [6.07, 6.45) is 6.69. The van der Waals surface area contributed by atoms with Gasteiger partial charge in [0, 0.05) is 30.5 Å². The number of nitrogens with one attached hydrogen (secondary N) is 2. The second-order valence-corrected chi connectivity index (χ2v) is 13.2. The number of anilines is 2. The average molecular weight is 499 g/mol. The molecule has 3 fully saturated rings. The Kier molecular flexibility index (Phi) is 7.49. The van der Waals surface area contributed by atoms with E-state index in [1.165, 1.54) is 6.42 Å². The lowest BCUT2D eigenvalue weighted by molar-refractivity contribution is -0.119. The van der Waals surface area contributed by atoms with Crippen LogP contribution in [0.25, 0.3) is 0 Å². The smallest absolute Gasteiger partial charge is 0.241 e. The number of carbonyl (C=O) groups excluding carboxylic acids is 1. The zero-order valence-corrected chi connectivity index (χ0v) is 20.5. The number of sulfone groups is 1. The Hall–Kier alpha value is -1.85. The Morgan fingerprint density at radius 2 is 1.52 bits per heavy atom. The Bertz CT molecular complexity index is 1030. The van der Waals surface area contributed by atoms with Crippen molar-refractivity contribution in [1.82, 2.24) is 10.2 Å². The Labute approximate surface area is 196 Å². The highest BCUT2D eigenvalue weighted by molar-refractivity contribution is 7.93.